The molecular weight excluding hydrogens is 286 g/mol. The Hall–Kier alpha value is -2.46. The molecule has 0 saturated carbocycles. The quantitative estimate of drug-likeness (QED) is 0.724. The first-order valence-corrected chi connectivity index (χ1v) is 8.10. The van der Waals surface area contributed by atoms with E-state index < -0.39 is 0 Å². The van der Waals surface area contributed by atoms with E-state index in [1.54, 1.807) is 6.20 Å². The van der Waals surface area contributed by atoms with Crippen LogP contribution < -0.4 is 0 Å². The van der Waals surface area contributed by atoms with Gasteiger partial charge < -0.3 is 4.74 Å². The third-order valence-corrected chi connectivity index (χ3v) is 4.17. The van der Waals surface area contributed by atoms with Gasteiger partial charge in [0, 0.05) is 18.2 Å². The summed E-state index contributed by atoms with van der Waals surface area (Å²) in [5, 5.41) is 5.95. The summed E-state index contributed by atoms with van der Waals surface area (Å²) in [6, 6.07) is 14.2. The fraction of sp³-hybridized carbons (Fsp3) is 0.263. The van der Waals surface area contributed by atoms with Gasteiger partial charge in [-0.05, 0) is 49.6 Å². The van der Waals surface area contributed by atoms with Crippen LogP contribution in [0, 0.1) is 0 Å². The second-order valence-corrected chi connectivity index (χ2v) is 5.76. The second-order valence-electron chi connectivity index (χ2n) is 5.76. The lowest BCUT2D eigenvalue weighted by Gasteiger charge is -2.23. The number of pyridine rings is 1. The smallest absolute Gasteiger partial charge is 0.150 e. The molecule has 4 nitrogen and oxygen atoms in total. The fourth-order valence-corrected chi connectivity index (χ4v) is 3.01. The van der Waals surface area contributed by atoms with Crippen LogP contribution in [0.4, 0.5) is 0 Å². The zero-order chi connectivity index (χ0) is 15.5. The zero-order valence-corrected chi connectivity index (χ0v) is 12.9. The topological polar surface area (TPSA) is 39.9 Å². The summed E-state index contributed by atoms with van der Waals surface area (Å²) in [7, 11) is 0. The van der Waals surface area contributed by atoms with Crippen molar-refractivity contribution in [1.29, 1.82) is 0 Å². The van der Waals surface area contributed by atoms with E-state index in [1.165, 1.54) is 6.42 Å². The molecular formula is C19H19N3O. The first-order valence-electron chi connectivity index (χ1n) is 8.10. The minimum atomic E-state index is 0.0469. The Bertz CT molecular complexity index is 817. The Morgan fingerprint density at radius 2 is 1.96 bits per heavy atom. The van der Waals surface area contributed by atoms with Gasteiger partial charge in [0.2, 0.25) is 0 Å². The summed E-state index contributed by atoms with van der Waals surface area (Å²) in [6.07, 6.45) is 9.23. The van der Waals surface area contributed by atoms with E-state index in [9.17, 15) is 0 Å². The zero-order valence-electron chi connectivity index (χ0n) is 12.9. The Labute approximate surface area is 135 Å². The molecule has 0 bridgehead atoms. The Balaban J connectivity index is 1.73. The van der Waals surface area contributed by atoms with E-state index in [1.807, 2.05) is 41.1 Å². The van der Waals surface area contributed by atoms with Gasteiger partial charge >= 0.3 is 0 Å². The van der Waals surface area contributed by atoms with Gasteiger partial charge in [0.25, 0.3) is 0 Å². The van der Waals surface area contributed by atoms with Crippen molar-refractivity contribution in [2.24, 2.45) is 0 Å². The SMILES string of the molecule is C(=C\c1nn(C2CCCCO2)c2ccccc12)/c1ccccn1. The van der Waals surface area contributed by atoms with Crippen LogP contribution in [0.25, 0.3) is 23.1 Å². The highest BCUT2D eigenvalue weighted by Gasteiger charge is 2.19. The molecule has 1 fully saturated rings. The first-order chi connectivity index (χ1) is 11.4. The Morgan fingerprint density at radius 3 is 2.78 bits per heavy atom. The normalized spacial score (nSPS) is 18.7. The molecule has 0 N–H and O–H groups in total. The number of aromatic nitrogens is 3. The third kappa shape index (κ3) is 2.90. The maximum atomic E-state index is 5.91. The van der Waals surface area contributed by atoms with Gasteiger partial charge in [-0.1, -0.05) is 24.3 Å². The largest absolute Gasteiger partial charge is 0.356 e. The number of rotatable bonds is 3. The summed E-state index contributed by atoms with van der Waals surface area (Å²) in [4.78, 5) is 4.32. The Morgan fingerprint density at radius 1 is 1.04 bits per heavy atom. The molecule has 0 spiro atoms. The van der Waals surface area contributed by atoms with E-state index in [0.29, 0.717) is 0 Å². The molecule has 1 saturated heterocycles. The minimum absolute atomic E-state index is 0.0469. The van der Waals surface area contributed by atoms with Crippen molar-refractivity contribution in [2.75, 3.05) is 6.61 Å². The molecule has 0 radical (unpaired) electrons. The van der Waals surface area contributed by atoms with Gasteiger partial charge in [-0.3, -0.25) is 4.98 Å². The van der Waals surface area contributed by atoms with Crippen LogP contribution in [-0.4, -0.2) is 21.4 Å². The van der Waals surface area contributed by atoms with E-state index in [2.05, 4.69) is 23.2 Å². The van der Waals surface area contributed by atoms with E-state index >= 15 is 0 Å². The van der Waals surface area contributed by atoms with E-state index in [0.717, 1.165) is 41.7 Å². The number of hydrogen-bond acceptors (Lipinski definition) is 3. The van der Waals surface area contributed by atoms with Crippen LogP contribution in [0.5, 0.6) is 0 Å². The fourth-order valence-electron chi connectivity index (χ4n) is 3.01. The van der Waals surface area contributed by atoms with Gasteiger partial charge in [-0.2, -0.15) is 5.10 Å². The van der Waals surface area contributed by atoms with E-state index in [-0.39, 0.29) is 6.23 Å². The molecule has 4 rings (SSSR count). The lowest BCUT2D eigenvalue weighted by molar-refractivity contribution is -0.0367. The maximum absolute atomic E-state index is 5.91. The Kier molecular flexibility index (Phi) is 3.90. The molecule has 1 atom stereocenters. The van der Waals surface area contributed by atoms with Crippen molar-refractivity contribution in [2.45, 2.75) is 25.5 Å². The van der Waals surface area contributed by atoms with Gasteiger partial charge in [0.05, 0.1) is 16.9 Å². The van der Waals surface area contributed by atoms with E-state index in [4.69, 9.17) is 9.84 Å². The first kappa shape index (κ1) is 14.2. The molecule has 1 aromatic carbocycles. The lowest BCUT2D eigenvalue weighted by Crippen LogP contribution is -2.19. The summed E-state index contributed by atoms with van der Waals surface area (Å²) in [6.45, 7) is 0.817. The van der Waals surface area contributed by atoms with Crippen molar-refractivity contribution in [3.8, 4) is 0 Å². The number of para-hydroxylation sites is 1. The third-order valence-electron chi connectivity index (χ3n) is 4.17. The number of ether oxygens (including phenoxy) is 1. The van der Waals surface area contributed by atoms with Crippen molar-refractivity contribution < 1.29 is 4.74 Å². The monoisotopic (exact) mass is 305 g/mol. The summed E-state index contributed by atoms with van der Waals surface area (Å²) in [5.74, 6) is 0. The van der Waals surface area contributed by atoms with Crippen LogP contribution in [0.2, 0.25) is 0 Å². The van der Waals surface area contributed by atoms with Crippen molar-refractivity contribution in [3.05, 3.63) is 60.0 Å². The standard InChI is InChI=1S/C19H19N3O/c1-2-9-18-16(8-1)17(12-11-15-7-3-5-13-20-15)21-22(18)19-10-4-6-14-23-19/h1-3,5,7-9,11-13,19H,4,6,10,14H2/b12-11+. The molecule has 116 valence electrons. The van der Waals surface area contributed by atoms with Gasteiger partial charge in [-0.25, -0.2) is 4.68 Å². The van der Waals surface area contributed by atoms with Crippen LogP contribution in [0.1, 0.15) is 36.9 Å². The highest BCUT2D eigenvalue weighted by molar-refractivity contribution is 5.89. The average Bonchev–Trinajstić information content (AvgIpc) is 3.01. The predicted molar refractivity (Wildman–Crippen MR) is 91.7 cm³/mol. The molecule has 23 heavy (non-hydrogen) atoms. The molecule has 3 aromatic rings. The summed E-state index contributed by atoms with van der Waals surface area (Å²) in [5.41, 5.74) is 3.01. The lowest BCUT2D eigenvalue weighted by atomic mass is 10.1. The molecule has 0 amide bonds. The highest BCUT2D eigenvalue weighted by atomic mass is 16.5. The molecule has 2 aromatic heterocycles. The molecule has 1 aliphatic heterocycles. The van der Waals surface area contributed by atoms with Crippen molar-refractivity contribution in [3.63, 3.8) is 0 Å². The van der Waals surface area contributed by atoms with Crippen LogP contribution in [-0.2, 0) is 4.74 Å². The van der Waals surface area contributed by atoms with Crippen molar-refractivity contribution in [1.82, 2.24) is 14.8 Å². The molecule has 4 heteroatoms. The maximum Gasteiger partial charge on any atom is 0.150 e. The molecule has 3 heterocycles. The highest BCUT2D eigenvalue weighted by Crippen LogP contribution is 2.28. The summed E-state index contributed by atoms with van der Waals surface area (Å²) < 4.78 is 7.95. The van der Waals surface area contributed by atoms with Crippen LogP contribution in [0.3, 0.4) is 0 Å². The molecule has 1 aliphatic rings. The van der Waals surface area contributed by atoms with Gasteiger partial charge in [0.15, 0.2) is 6.23 Å². The van der Waals surface area contributed by atoms with Gasteiger partial charge in [0.1, 0.15) is 0 Å². The van der Waals surface area contributed by atoms with Gasteiger partial charge in [-0.15, -0.1) is 0 Å². The number of fused-ring (bicyclic) bond motifs is 1. The number of benzene rings is 1. The predicted octanol–water partition coefficient (Wildman–Crippen LogP) is 4.30. The van der Waals surface area contributed by atoms with Crippen LogP contribution in [0.15, 0.2) is 48.7 Å². The second kappa shape index (κ2) is 6.34. The van der Waals surface area contributed by atoms with Crippen LogP contribution >= 0.6 is 0 Å². The average molecular weight is 305 g/mol. The number of hydrogen-bond donors (Lipinski definition) is 0. The molecule has 0 aliphatic carbocycles. The minimum Gasteiger partial charge on any atom is -0.356 e. The van der Waals surface area contributed by atoms with Crippen molar-refractivity contribution >= 4 is 23.1 Å². The molecule has 1 unspecified atom stereocenters. The number of nitrogens with zero attached hydrogens (tertiary/aromatic N) is 3. The summed E-state index contributed by atoms with van der Waals surface area (Å²) >= 11 is 0.